The number of carbonyl (C=O) groups excluding carboxylic acids is 2. The van der Waals surface area contributed by atoms with Crippen molar-refractivity contribution >= 4 is 12.0 Å². The number of likely N-dealkylation sites (tertiary alicyclic amines) is 1. The first-order valence-electron chi connectivity index (χ1n) is 10.4. The summed E-state index contributed by atoms with van der Waals surface area (Å²) in [5.74, 6) is 0.0751. The minimum absolute atomic E-state index is 0.0751. The van der Waals surface area contributed by atoms with E-state index in [4.69, 9.17) is 4.74 Å². The predicted molar refractivity (Wildman–Crippen MR) is 109 cm³/mol. The van der Waals surface area contributed by atoms with Crippen molar-refractivity contribution < 1.29 is 14.3 Å². The van der Waals surface area contributed by atoms with Crippen molar-refractivity contribution in [2.24, 2.45) is 0 Å². The Labute approximate surface area is 168 Å². The van der Waals surface area contributed by atoms with Crippen molar-refractivity contribution in [1.82, 2.24) is 14.7 Å². The molecule has 0 saturated carbocycles. The third-order valence-electron chi connectivity index (χ3n) is 5.41. The van der Waals surface area contributed by atoms with Crippen molar-refractivity contribution in [3.05, 3.63) is 35.9 Å². The van der Waals surface area contributed by atoms with Crippen LogP contribution in [0, 0.1) is 0 Å². The zero-order valence-electron chi connectivity index (χ0n) is 17.4. The molecule has 6 heteroatoms. The number of piperazine rings is 1. The number of hydrogen-bond donors (Lipinski definition) is 0. The highest BCUT2D eigenvalue weighted by Crippen LogP contribution is 2.23. The van der Waals surface area contributed by atoms with Crippen LogP contribution < -0.4 is 0 Å². The van der Waals surface area contributed by atoms with Crippen LogP contribution in [0.15, 0.2) is 30.3 Å². The molecule has 2 aliphatic rings. The first-order chi connectivity index (χ1) is 13.3. The van der Waals surface area contributed by atoms with Crippen LogP contribution in [0.4, 0.5) is 4.79 Å². The van der Waals surface area contributed by atoms with Crippen LogP contribution in [-0.2, 0) is 16.0 Å². The summed E-state index contributed by atoms with van der Waals surface area (Å²) in [6.45, 7) is 10.4. The molecule has 0 aromatic heterocycles. The summed E-state index contributed by atoms with van der Waals surface area (Å²) in [5.41, 5.74) is 0.803. The molecule has 2 aliphatic heterocycles. The van der Waals surface area contributed by atoms with E-state index in [0.717, 1.165) is 52.0 Å². The summed E-state index contributed by atoms with van der Waals surface area (Å²) < 4.78 is 5.49. The fourth-order valence-corrected chi connectivity index (χ4v) is 3.90. The molecule has 0 aliphatic carbocycles. The largest absolute Gasteiger partial charge is 0.444 e. The maximum atomic E-state index is 13.0. The predicted octanol–water partition coefficient (Wildman–Crippen LogP) is 2.77. The smallest absolute Gasteiger partial charge is 0.410 e. The van der Waals surface area contributed by atoms with Crippen molar-refractivity contribution in [2.75, 3.05) is 39.3 Å². The topological polar surface area (TPSA) is 53.1 Å². The van der Waals surface area contributed by atoms with Crippen LogP contribution in [0.2, 0.25) is 0 Å². The lowest BCUT2D eigenvalue weighted by Crippen LogP contribution is -2.55. The standard InChI is InChI=1S/C22H33N3O3/c1-22(2,3)28-21(27)25-12-7-10-19(25)20(26)24-16-14-23(15-17-24)13-11-18-8-5-4-6-9-18/h4-6,8-9,19H,7,10-17H2,1-3H3. The highest BCUT2D eigenvalue weighted by Gasteiger charge is 2.39. The summed E-state index contributed by atoms with van der Waals surface area (Å²) in [5, 5.41) is 0. The average Bonchev–Trinajstić information content (AvgIpc) is 3.16. The van der Waals surface area contributed by atoms with Gasteiger partial charge in [-0.15, -0.1) is 0 Å². The number of carbonyl (C=O) groups is 2. The van der Waals surface area contributed by atoms with E-state index < -0.39 is 5.60 Å². The first-order valence-corrected chi connectivity index (χ1v) is 10.4. The Balaban J connectivity index is 1.48. The number of nitrogens with zero attached hydrogens (tertiary/aromatic N) is 3. The fraction of sp³-hybridized carbons (Fsp3) is 0.636. The number of amides is 2. The van der Waals surface area contributed by atoms with Gasteiger partial charge in [0.25, 0.3) is 0 Å². The van der Waals surface area contributed by atoms with Crippen LogP contribution in [-0.4, -0.2) is 77.6 Å². The zero-order valence-corrected chi connectivity index (χ0v) is 17.4. The molecule has 2 heterocycles. The highest BCUT2D eigenvalue weighted by atomic mass is 16.6. The van der Waals surface area contributed by atoms with E-state index in [9.17, 15) is 9.59 Å². The Bertz CT molecular complexity index is 663. The van der Waals surface area contributed by atoms with Gasteiger partial charge >= 0.3 is 6.09 Å². The summed E-state index contributed by atoms with van der Waals surface area (Å²) in [7, 11) is 0. The van der Waals surface area contributed by atoms with Crippen LogP contribution in [0.25, 0.3) is 0 Å². The molecule has 3 rings (SSSR count). The number of benzene rings is 1. The Morgan fingerprint density at radius 3 is 2.36 bits per heavy atom. The van der Waals surface area contributed by atoms with Crippen LogP contribution in [0.3, 0.4) is 0 Å². The summed E-state index contributed by atoms with van der Waals surface area (Å²) in [6.07, 6.45) is 2.24. The summed E-state index contributed by atoms with van der Waals surface area (Å²) in [4.78, 5) is 31.4. The van der Waals surface area contributed by atoms with Gasteiger partial charge in [0.2, 0.25) is 5.91 Å². The molecule has 28 heavy (non-hydrogen) atoms. The Kier molecular flexibility index (Phi) is 6.60. The molecule has 1 aromatic carbocycles. The summed E-state index contributed by atoms with van der Waals surface area (Å²) in [6, 6.07) is 10.1. The van der Waals surface area contributed by atoms with Crippen molar-refractivity contribution in [3.63, 3.8) is 0 Å². The molecule has 6 nitrogen and oxygen atoms in total. The van der Waals surface area contributed by atoms with E-state index in [1.54, 1.807) is 4.90 Å². The maximum Gasteiger partial charge on any atom is 0.410 e. The van der Waals surface area contributed by atoms with Gasteiger partial charge in [-0.1, -0.05) is 30.3 Å². The molecule has 1 unspecified atom stereocenters. The minimum atomic E-state index is -0.544. The van der Waals surface area contributed by atoms with Gasteiger partial charge in [0.05, 0.1) is 0 Å². The third-order valence-corrected chi connectivity index (χ3v) is 5.41. The van der Waals surface area contributed by atoms with E-state index in [1.807, 2.05) is 31.7 Å². The molecule has 154 valence electrons. The van der Waals surface area contributed by atoms with E-state index >= 15 is 0 Å². The lowest BCUT2D eigenvalue weighted by molar-refractivity contribution is -0.137. The average molecular weight is 388 g/mol. The molecule has 2 saturated heterocycles. The quantitative estimate of drug-likeness (QED) is 0.797. The Morgan fingerprint density at radius 1 is 1.04 bits per heavy atom. The number of ether oxygens (including phenoxy) is 1. The molecule has 0 N–H and O–H groups in total. The van der Waals surface area contributed by atoms with Gasteiger partial charge in [0.15, 0.2) is 0 Å². The SMILES string of the molecule is CC(C)(C)OC(=O)N1CCCC1C(=O)N1CCN(CCc2ccccc2)CC1. The van der Waals surface area contributed by atoms with Crippen LogP contribution >= 0.6 is 0 Å². The molecule has 0 spiro atoms. The fourth-order valence-electron chi connectivity index (χ4n) is 3.90. The maximum absolute atomic E-state index is 13.0. The van der Waals surface area contributed by atoms with Gasteiger partial charge < -0.3 is 9.64 Å². The zero-order chi connectivity index (χ0) is 20.1. The van der Waals surface area contributed by atoms with E-state index in [2.05, 4.69) is 29.2 Å². The van der Waals surface area contributed by atoms with Crippen molar-refractivity contribution in [3.8, 4) is 0 Å². The number of hydrogen-bond acceptors (Lipinski definition) is 4. The van der Waals surface area contributed by atoms with Gasteiger partial charge in [-0.3, -0.25) is 14.6 Å². The minimum Gasteiger partial charge on any atom is -0.444 e. The van der Waals surface area contributed by atoms with Crippen LogP contribution in [0.1, 0.15) is 39.2 Å². The molecule has 2 amide bonds. The van der Waals surface area contributed by atoms with E-state index in [-0.39, 0.29) is 18.0 Å². The van der Waals surface area contributed by atoms with Gasteiger partial charge in [0, 0.05) is 39.3 Å². The van der Waals surface area contributed by atoms with Gasteiger partial charge in [-0.2, -0.15) is 0 Å². The third kappa shape index (κ3) is 5.47. The number of rotatable bonds is 4. The van der Waals surface area contributed by atoms with Crippen LogP contribution in [0.5, 0.6) is 0 Å². The Hall–Kier alpha value is -2.08. The molecule has 1 aromatic rings. The molecule has 0 bridgehead atoms. The second kappa shape index (κ2) is 8.95. The van der Waals surface area contributed by atoms with Gasteiger partial charge in [0.1, 0.15) is 11.6 Å². The van der Waals surface area contributed by atoms with Gasteiger partial charge in [-0.05, 0) is 45.6 Å². The normalized spacial score (nSPS) is 21.0. The van der Waals surface area contributed by atoms with E-state index in [1.165, 1.54) is 5.56 Å². The first kappa shape index (κ1) is 20.6. The van der Waals surface area contributed by atoms with Crippen molar-refractivity contribution in [1.29, 1.82) is 0 Å². The molecule has 1 atom stereocenters. The summed E-state index contributed by atoms with van der Waals surface area (Å²) >= 11 is 0. The van der Waals surface area contributed by atoms with Gasteiger partial charge in [-0.25, -0.2) is 4.79 Å². The second-order valence-corrected chi connectivity index (χ2v) is 8.73. The molecule has 2 fully saturated rings. The second-order valence-electron chi connectivity index (χ2n) is 8.73. The van der Waals surface area contributed by atoms with Crippen molar-refractivity contribution in [2.45, 2.75) is 51.7 Å². The van der Waals surface area contributed by atoms with E-state index in [0.29, 0.717) is 6.54 Å². The highest BCUT2D eigenvalue weighted by molar-refractivity contribution is 5.86. The monoisotopic (exact) mass is 387 g/mol. The molecule has 0 radical (unpaired) electrons. The lowest BCUT2D eigenvalue weighted by Gasteiger charge is -2.37. The Morgan fingerprint density at radius 2 is 1.71 bits per heavy atom. The lowest BCUT2D eigenvalue weighted by atomic mass is 10.1. The molecular formula is C22H33N3O3. The molecular weight excluding hydrogens is 354 g/mol.